The molecule has 0 amide bonds. The van der Waals surface area contributed by atoms with Crippen LogP contribution < -0.4 is 4.74 Å². The summed E-state index contributed by atoms with van der Waals surface area (Å²) in [7, 11) is 0. The van der Waals surface area contributed by atoms with E-state index in [0.717, 1.165) is 11.1 Å². The van der Waals surface area contributed by atoms with Gasteiger partial charge in [0.2, 0.25) is 0 Å². The SMILES string of the molecule is Cc1cc(Cl)cc(C)c1Oc1ccc(Cl)cc1C#N. The molecule has 2 aromatic carbocycles. The second-order valence-electron chi connectivity index (χ2n) is 4.22. The number of halogens is 2. The Morgan fingerprint density at radius 3 is 2.21 bits per heavy atom. The lowest BCUT2D eigenvalue weighted by Gasteiger charge is -2.13. The Labute approximate surface area is 122 Å². The average molecular weight is 292 g/mol. The lowest BCUT2D eigenvalue weighted by Crippen LogP contribution is -1.93. The van der Waals surface area contributed by atoms with Crippen LogP contribution in [0.2, 0.25) is 10.0 Å². The molecule has 0 fully saturated rings. The first kappa shape index (κ1) is 13.7. The van der Waals surface area contributed by atoms with E-state index in [1.807, 2.05) is 26.0 Å². The van der Waals surface area contributed by atoms with Crippen molar-refractivity contribution in [1.82, 2.24) is 0 Å². The third-order valence-electron chi connectivity index (χ3n) is 2.70. The summed E-state index contributed by atoms with van der Waals surface area (Å²) < 4.78 is 5.83. The molecular formula is C15H11Cl2NO. The Balaban J connectivity index is 2.45. The van der Waals surface area contributed by atoms with Crippen LogP contribution in [-0.4, -0.2) is 0 Å². The van der Waals surface area contributed by atoms with Gasteiger partial charge >= 0.3 is 0 Å². The highest BCUT2D eigenvalue weighted by Gasteiger charge is 2.10. The zero-order valence-electron chi connectivity index (χ0n) is 10.5. The molecule has 0 radical (unpaired) electrons. The van der Waals surface area contributed by atoms with Gasteiger partial charge in [0.1, 0.15) is 17.6 Å². The molecule has 2 aromatic rings. The van der Waals surface area contributed by atoms with Crippen molar-refractivity contribution in [2.75, 3.05) is 0 Å². The number of hydrogen-bond donors (Lipinski definition) is 0. The van der Waals surface area contributed by atoms with E-state index in [4.69, 9.17) is 33.2 Å². The second kappa shape index (κ2) is 5.52. The fraction of sp³-hybridized carbons (Fsp3) is 0.133. The van der Waals surface area contributed by atoms with Crippen LogP contribution in [0.5, 0.6) is 11.5 Å². The van der Waals surface area contributed by atoms with Crippen molar-refractivity contribution in [3.8, 4) is 17.6 Å². The van der Waals surface area contributed by atoms with E-state index in [0.29, 0.717) is 27.1 Å². The maximum atomic E-state index is 9.09. The zero-order chi connectivity index (χ0) is 14.0. The van der Waals surface area contributed by atoms with E-state index in [1.54, 1.807) is 18.2 Å². The quantitative estimate of drug-likeness (QED) is 0.755. The maximum absolute atomic E-state index is 9.09. The molecule has 96 valence electrons. The Kier molecular flexibility index (Phi) is 3.99. The van der Waals surface area contributed by atoms with Crippen molar-refractivity contribution in [2.24, 2.45) is 0 Å². The number of rotatable bonds is 2. The minimum Gasteiger partial charge on any atom is -0.455 e. The van der Waals surface area contributed by atoms with E-state index in [9.17, 15) is 0 Å². The van der Waals surface area contributed by atoms with Gasteiger partial charge < -0.3 is 4.74 Å². The molecule has 0 aliphatic rings. The molecule has 0 heterocycles. The van der Waals surface area contributed by atoms with Crippen LogP contribution >= 0.6 is 23.2 Å². The third-order valence-corrected chi connectivity index (χ3v) is 3.15. The van der Waals surface area contributed by atoms with Crippen molar-refractivity contribution in [3.05, 3.63) is 57.1 Å². The fourth-order valence-corrected chi connectivity index (χ4v) is 2.35. The summed E-state index contributed by atoms with van der Waals surface area (Å²) in [5, 5.41) is 10.3. The smallest absolute Gasteiger partial charge is 0.145 e. The molecule has 4 heteroatoms. The van der Waals surface area contributed by atoms with Crippen LogP contribution in [0.4, 0.5) is 0 Å². The van der Waals surface area contributed by atoms with Crippen LogP contribution in [0.3, 0.4) is 0 Å². The maximum Gasteiger partial charge on any atom is 0.145 e. The van der Waals surface area contributed by atoms with Crippen molar-refractivity contribution >= 4 is 23.2 Å². The minimum absolute atomic E-state index is 0.404. The van der Waals surface area contributed by atoms with Crippen molar-refractivity contribution in [3.63, 3.8) is 0 Å². The molecule has 19 heavy (non-hydrogen) atoms. The molecule has 0 saturated carbocycles. The average Bonchev–Trinajstić information content (AvgIpc) is 2.35. The van der Waals surface area contributed by atoms with E-state index in [1.165, 1.54) is 0 Å². The second-order valence-corrected chi connectivity index (χ2v) is 5.10. The summed E-state index contributed by atoms with van der Waals surface area (Å²) in [5.41, 5.74) is 2.24. The summed E-state index contributed by atoms with van der Waals surface area (Å²) in [5.74, 6) is 1.20. The van der Waals surface area contributed by atoms with Gasteiger partial charge in [0.15, 0.2) is 0 Å². The highest BCUT2D eigenvalue weighted by Crippen LogP contribution is 2.33. The number of ether oxygens (including phenoxy) is 1. The first-order chi connectivity index (χ1) is 9.01. The number of aryl methyl sites for hydroxylation is 2. The van der Waals surface area contributed by atoms with Crippen molar-refractivity contribution in [1.29, 1.82) is 5.26 Å². The molecular weight excluding hydrogens is 281 g/mol. The van der Waals surface area contributed by atoms with Crippen LogP contribution in [0, 0.1) is 25.2 Å². The van der Waals surface area contributed by atoms with E-state index in [2.05, 4.69) is 6.07 Å². The first-order valence-electron chi connectivity index (χ1n) is 5.65. The van der Waals surface area contributed by atoms with Gasteiger partial charge in [-0.15, -0.1) is 0 Å². The monoisotopic (exact) mass is 291 g/mol. The van der Waals surface area contributed by atoms with Gasteiger partial charge in [-0.3, -0.25) is 0 Å². The summed E-state index contributed by atoms with van der Waals surface area (Å²) in [6, 6.07) is 10.7. The number of nitriles is 1. The molecule has 0 aliphatic carbocycles. The van der Waals surface area contributed by atoms with Crippen LogP contribution in [0.25, 0.3) is 0 Å². The zero-order valence-corrected chi connectivity index (χ0v) is 12.0. The Morgan fingerprint density at radius 1 is 1.00 bits per heavy atom. The molecule has 2 rings (SSSR count). The topological polar surface area (TPSA) is 33.0 Å². The van der Waals surface area contributed by atoms with Crippen LogP contribution in [0.15, 0.2) is 30.3 Å². The summed E-state index contributed by atoms with van der Waals surface area (Å²) >= 11 is 11.8. The van der Waals surface area contributed by atoms with Gasteiger partial charge in [0.05, 0.1) is 5.56 Å². The first-order valence-corrected chi connectivity index (χ1v) is 6.41. The molecule has 0 spiro atoms. The molecule has 0 bridgehead atoms. The van der Waals surface area contributed by atoms with Crippen LogP contribution in [0.1, 0.15) is 16.7 Å². The third kappa shape index (κ3) is 3.01. The number of hydrogen-bond acceptors (Lipinski definition) is 2. The van der Waals surface area contributed by atoms with Gasteiger partial charge in [0, 0.05) is 10.0 Å². The lowest BCUT2D eigenvalue weighted by molar-refractivity contribution is 0.473. The number of nitrogens with zero attached hydrogens (tertiary/aromatic N) is 1. The van der Waals surface area contributed by atoms with Gasteiger partial charge in [-0.05, 0) is 55.3 Å². The van der Waals surface area contributed by atoms with E-state index >= 15 is 0 Å². The highest BCUT2D eigenvalue weighted by molar-refractivity contribution is 6.31. The van der Waals surface area contributed by atoms with E-state index in [-0.39, 0.29) is 0 Å². The normalized spacial score (nSPS) is 10.1. The largest absolute Gasteiger partial charge is 0.455 e. The van der Waals surface area contributed by atoms with Crippen molar-refractivity contribution < 1.29 is 4.74 Å². The van der Waals surface area contributed by atoms with E-state index < -0.39 is 0 Å². The summed E-state index contributed by atoms with van der Waals surface area (Å²) in [6.07, 6.45) is 0. The molecule has 0 unspecified atom stereocenters. The van der Waals surface area contributed by atoms with Crippen LogP contribution in [-0.2, 0) is 0 Å². The predicted molar refractivity (Wildman–Crippen MR) is 77.2 cm³/mol. The van der Waals surface area contributed by atoms with Gasteiger partial charge in [-0.1, -0.05) is 23.2 Å². The molecule has 0 saturated heterocycles. The predicted octanol–water partition coefficient (Wildman–Crippen LogP) is 5.27. The Morgan fingerprint density at radius 2 is 1.63 bits per heavy atom. The Hall–Kier alpha value is -1.69. The molecule has 0 aliphatic heterocycles. The lowest BCUT2D eigenvalue weighted by atomic mass is 10.1. The Bertz CT molecular complexity index is 651. The number of benzene rings is 2. The standard InChI is InChI=1S/C15H11Cl2NO/c1-9-5-13(17)6-10(2)15(9)19-14-4-3-12(16)7-11(14)8-18/h3-7H,1-2H3. The minimum atomic E-state index is 0.404. The van der Waals surface area contributed by atoms with Gasteiger partial charge in [-0.2, -0.15) is 5.26 Å². The molecule has 0 atom stereocenters. The highest BCUT2D eigenvalue weighted by atomic mass is 35.5. The van der Waals surface area contributed by atoms with Crippen molar-refractivity contribution in [2.45, 2.75) is 13.8 Å². The summed E-state index contributed by atoms with van der Waals surface area (Å²) in [4.78, 5) is 0. The molecule has 2 nitrogen and oxygen atoms in total. The van der Waals surface area contributed by atoms with Gasteiger partial charge in [-0.25, -0.2) is 0 Å². The molecule has 0 aromatic heterocycles. The van der Waals surface area contributed by atoms with Gasteiger partial charge in [0.25, 0.3) is 0 Å². The molecule has 0 N–H and O–H groups in total. The summed E-state index contributed by atoms with van der Waals surface area (Å²) in [6.45, 7) is 3.83. The fourth-order valence-electron chi connectivity index (χ4n) is 1.85.